The second-order valence-corrected chi connectivity index (χ2v) is 3.73. The van der Waals surface area contributed by atoms with Gasteiger partial charge in [0.1, 0.15) is 6.33 Å². The average molecular weight is 164 g/mol. The van der Waals surface area contributed by atoms with E-state index in [1.165, 1.54) is 12.8 Å². The summed E-state index contributed by atoms with van der Waals surface area (Å²) in [5.74, 6) is 0. The summed E-state index contributed by atoms with van der Waals surface area (Å²) in [6.45, 7) is 6.64. The summed E-state index contributed by atoms with van der Waals surface area (Å²) in [6, 6.07) is 2.00. The first-order chi connectivity index (χ1) is 5.67. The largest absolute Gasteiger partial charge is 0.245 e. The van der Waals surface area contributed by atoms with E-state index < -0.39 is 0 Å². The van der Waals surface area contributed by atoms with Crippen molar-refractivity contribution >= 4 is 0 Å². The Kier molecular flexibility index (Phi) is 2.79. The summed E-state index contributed by atoms with van der Waals surface area (Å²) in [5, 5.41) is 0. The zero-order chi connectivity index (χ0) is 9.03. The Morgan fingerprint density at radius 1 is 1.42 bits per heavy atom. The molecule has 2 heteroatoms. The van der Waals surface area contributed by atoms with Gasteiger partial charge < -0.3 is 0 Å². The van der Waals surface area contributed by atoms with Crippen molar-refractivity contribution in [1.29, 1.82) is 0 Å². The molecule has 0 amide bonds. The van der Waals surface area contributed by atoms with E-state index in [1.807, 2.05) is 6.07 Å². The first-order valence-corrected chi connectivity index (χ1v) is 4.43. The van der Waals surface area contributed by atoms with E-state index in [0.29, 0.717) is 0 Å². The normalized spacial score (nSPS) is 11.6. The molecule has 1 aromatic rings. The predicted octanol–water partition coefficient (Wildman–Crippen LogP) is 2.55. The van der Waals surface area contributed by atoms with E-state index in [1.54, 1.807) is 12.5 Å². The van der Waals surface area contributed by atoms with Gasteiger partial charge in [0.2, 0.25) is 0 Å². The molecule has 0 bridgehead atoms. The fraction of sp³-hybridized carbons (Fsp3) is 0.600. The van der Waals surface area contributed by atoms with Gasteiger partial charge in [0.25, 0.3) is 0 Å². The van der Waals surface area contributed by atoms with Gasteiger partial charge in [0, 0.05) is 17.3 Å². The van der Waals surface area contributed by atoms with Crippen molar-refractivity contribution in [2.75, 3.05) is 0 Å². The minimum Gasteiger partial charge on any atom is -0.245 e. The monoisotopic (exact) mass is 164 g/mol. The molecule has 0 saturated heterocycles. The number of rotatable bonds is 3. The Morgan fingerprint density at radius 2 is 2.17 bits per heavy atom. The fourth-order valence-corrected chi connectivity index (χ4v) is 1.44. The maximum atomic E-state index is 4.26. The molecule has 0 spiro atoms. The van der Waals surface area contributed by atoms with E-state index in [2.05, 4.69) is 30.7 Å². The third-order valence-electron chi connectivity index (χ3n) is 2.15. The van der Waals surface area contributed by atoms with Crippen LogP contribution >= 0.6 is 0 Å². The lowest BCUT2D eigenvalue weighted by atomic mass is 9.84. The van der Waals surface area contributed by atoms with Crippen molar-refractivity contribution in [3.63, 3.8) is 0 Å². The zero-order valence-electron chi connectivity index (χ0n) is 8.04. The van der Waals surface area contributed by atoms with Gasteiger partial charge in [-0.2, -0.15) is 0 Å². The predicted molar refractivity (Wildman–Crippen MR) is 50.0 cm³/mol. The Bertz CT molecular complexity index is 229. The Balaban J connectivity index is 2.82. The van der Waals surface area contributed by atoms with E-state index in [9.17, 15) is 0 Å². The van der Waals surface area contributed by atoms with Crippen LogP contribution < -0.4 is 0 Å². The van der Waals surface area contributed by atoms with Crippen molar-refractivity contribution < 1.29 is 0 Å². The van der Waals surface area contributed by atoms with Gasteiger partial charge in [-0.1, -0.05) is 27.2 Å². The van der Waals surface area contributed by atoms with Crippen molar-refractivity contribution in [3.8, 4) is 0 Å². The van der Waals surface area contributed by atoms with Crippen LogP contribution in [0, 0.1) is 0 Å². The standard InChI is InChI=1S/C10H16N2/c1-4-6-10(2,3)9-5-7-11-8-12-9/h5,7-8H,4,6H2,1-3H3. The van der Waals surface area contributed by atoms with Crippen LogP contribution in [0.1, 0.15) is 39.3 Å². The Labute approximate surface area is 74.1 Å². The topological polar surface area (TPSA) is 25.8 Å². The summed E-state index contributed by atoms with van der Waals surface area (Å²) >= 11 is 0. The highest BCUT2D eigenvalue weighted by atomic mass is 14.8. The molecule has 12 heavy (non-hydrogen) atoms. The maximum absolute atomic E-state index is 4.26. The smallest absolute Gasteiger partial charge is 0.115 e. The van der Waals surface area contributed by atoms with Crippen molar-refractivity contribution in [1.82, 2.24) is 9.97 Å². The molecule has 0 aliphatic carbocycles. The van der Waals surface area contributed by atoms with E-state index >= 15 is 0 Å². The van der Waals surface area contributed by atoms with Gasteiger partial charge in [-0.3, -0.25) is 0 Å². The quantitative estimate of drug-likeness (QED) is 0.686. The number of nitrogens with zero attached hydrogens (tertiary/aromatic N) is 2. The van der Waals surface area contributed by atoms with Gasteiger partial charge in [-0.05, 0) is 12.5 Å². The van der Waals surface area contributed by atoms with Crippen LogP contribution in [-0.4, -0.2) is 9.97 Å². The molecule has 0 aliphatic heterocycles. The zero-order valence-corrected chi connectivity index (χ0v) is 8.04. The van der Waals surface area contributed by atoms with Gasteiger partial charge in [0.05, 0.1) is 0 Å². The first kappa shape index (κ1) is 9.17. The molecule has 0 aliphatic rings. The van der Waals surface area contributed by atoms with Crippen LogP contribution in [0.4, 0.5) is 0 Å². The fourth-order valence-electron chi connectivity index (χ4n) is 1.44. The van der Waals surface area contributed by atoms with Crippen molar-refractivity contribution in [3.05, 3.63) is 24.3 Å². The average Bonchev–Trinajstić information content (AvgIpc) is 2.06. The molecule has 1 rings (SSSR count). The molecule has 0 saturated carbocycles. The molecule has 0 radical (unpaired) electrons. The second-order valence-electron chi connectivity index (χ2n) is 3.73. The third kappa shape index (κ3) is 2.03. The highest BCUT2D eigenvalue weighted by Crippen LogP contribution is 2.25. The van der Waals surface area contributed by atoms with Gasteiger partial charge in [-0.25, -0.2) is 9.97 Å². The molecule has 2 nitrogen and oxygen atoms in total. The van der Waals surface area contributed by atoms with E-state index in [0.717, 1.165) is 5.69 Å². The van der Waals surface area contributed by atoms with E-state index in [-0.39, 0.29) is 5.41 Å². The molecular weight excluding hydrogens is 148 g/mol. The third-order valence-corrected chi connectivity index (χ3v) is 2.15. The van der Waals surface area contributed by atoms with Crippen LogP contribution in [0.15, 0.2) is 18.6 Å². The maximum Gasteiger partial charge on any atom is 0.115 e. The van der Waals surface area contributed by atoms with Crippen molar-refractivity contribution in [2.24, 2.45) is 0 Å². The van der Waals surface area contributed by atoms with Gasteiger partial charge >= 0.3 is 0 Å². The van der Waals surface area contributed by atoms with Crippen LogP contribution in [0.5, 0.6) is 0 Å². The molecule has 0 fully saturated rings. The van der Waals surface area contributed by atoms with Crippen molar-refractivity contribution in [2.45, 2.75) is 39.0 Å². The molecule has 0 atom stereocenters. The Hall–Kier alpha value is -0.920. The van der Waals surface area contributed by atoms with E-state index in [4.69, 9.17) is 0 Å². The lowest BCUT2D eigenvalue weighted by molar-refractivity contribution is 0.458. The molecular formula is C10H16N2. The lowest BCUT2D eigenvalue weighted by Crippen LogP contribution is -2.18. The van der Waals surface area contributed by atoms with Gasteiger partial charge in [-0.15, -0.1) is 0 Å². The van der Waals surface area contributed by atoms with Crippen LogP contribution in [0.25, 0.3) is 0 Å². The summed E-state index contributed by atoms with van der Waals surface area (Å²) < 4.78 is 0. The number of hydrogen-bond donors (Lipinski definition) is 0. The number of hydrogen-bond acceptors (Lipinski definition) is 2. The summed E-state index contributed by atoms with van der Waals surface area (Å²) in [5.41, 5.74) is 1.33. The van der Waals surface area contributed by atoms with Crippen LogP contribution in [0.3, 0.4) is 0 Å². The minimum atomic E-state index is 0.192. The molecule has 1 aromatic heterocycles. The summed E-state index contributed by atoms with van der Waals surface area (Å²) in [7, 11) is 0. The first-order valence-electron chi connectivity index (χ1n) is 4.43. The molecule has 0 N–H and O–H groups in total. The summed E-state index contributed by atoms with van der Waals surface area (Å²) in [4.78, 5) is 8.17. The highest BCUT2D eigenvalue weighted by molar-refractivity contribution is 5.11. The second kappa shape index (κ2) is 3.65. The SMILES string of the molecule is CCCC(C)(C)c1ccncn1. The van der Waals surface area contributed by atoms with Crippen LogP contribution in [-0.2, 0) is 5.41 Å². The molecule has 0 aromatic carbocycles. The number of aromatic nitrogens is 2. The lowest BCUT2D eigenvalue weighted by Gasteiger charge is -2.22. The van der Waals surface area contributed by atoms with Gasteiger partial charge in [0.15, 0.2) is 0 Å². The molecule has 0 unspecified atom stereocenters. The molecule has 66 valence electrons. The highest BCUT2D eigenvalue weighted by Gasteiger charge is 2.20. The molecule has 1 heterocycles. The van der Waals surface area contributed by atoms with Crippen LogP contribution in [0.2, 0.25) is 0 Å². The Morgan fingerprint density at radius 3 is 2.67 bits per heavy atom. The minimum absolute atomic E-state index is 0.192. The summed E-state index contributed by atoms with van der Waals surface area (Å²) in [6.07, 6.45) is 5.79.